The van der Waals surface area contributed by atoms with Crippen molar-refractivity contribution in [2.24, 2.45) is 0 Å². The molecule has 0 aliphatic rings. The first-order chi connectivity index (χ1) is 12.3. The summed E-state index contributed by atoms with van der Waals surface area (Å²) in [7, 11) is 3.17. The zero-order valence-corrected chi connectivity index (χ0v) is 17.1. The second-order valence-corrected chi connectivity index (χ2v) is 7.94. The van der Waals surface area contributed by atoms with Crippen LogP contribution in [0.4, 0.5) is 5.69 Å². The molecule has 2 aromatic rings. The van der Waals surface area contributed by atoms with Crippen molar-refractivity contribution in [3.63, 3.8) is 0 Å². The van der Waals surface area contributed by atoms with Crippen LogP contribution in [0.25, 0.3) is 0 Å². The standard InChI is InChI=1S/C20H28N2O3S/c1-12(21-14(3)17-10-13(2)26-15(17)4)9-20(23)22-18-11-16(24-5)7-8-19(18)25-6/h7-8,10-12,14,21H,9H2,1-6H3,(H,22,23). The van der Waals surface area contributed by atoms with Gasteiger partial charge in [-0.3, -0.25) is 4.79 Å². The Balaban J connectivity index is 1.96. The molecule has 0 bridgehead atoms. The minimum atomic E-state index is -0.0676. The van der Waals surface area contributed by atoms with Gasteiger partial charge in [-0.05, 0) is 51.5 Å². The second kappa shape index (κ2) is 9.05. The quantitative estimate of drug-likeness (QED) is 0.715. The smallest absolute Gasteiger partial charge is 0.226 e. The number of carbonyl (C=O) groups excluding carboxylic acids is 1. The van der Waals surface area contributed by atoms with Crippen molar-refractivity contribution in [3.8, 4) is 11.5 Å². The molecule has 0 radical (unpaired) electrons. The summed E-state index contributed by atoms with van der Waals surface area (Å²) in [5, 5.41) is 6.42. The lowest BCUT2D eigenvalue weighted by molar-refractivity contribution is -0.116. The molecule has 0 aliphatic carbocycles. The fourth-order valence-corrected chi connectivity index (χ4v) is 4.07. The third-order valence-electron chi connectivity index (χ3n) is 4.25. The summed E-state index contributed by atoms with van der Waals surface area (Å²) in [6.07, 6.45) is 0.368. The molecule has 5 nitrogen and oxygen atoms in total. The number of methoxy groups -OCH3 is 2. The third-order valence-corrected chi connectivity index (χ3v) is 5.23. The first-order valence-corrected chi connectivity index (χ1v) is 9.50. The second-order valence-electron chi connectivity index (χ2n) is 6.48. The molecule has 2 unspecified atom stereocenters. The number of hydrogen-bond donors (Lipinski definition) is 2. The minimum Gasteiger partial charge on any atom is -0.497 e. The summed E-state index contributed by atoms with van der Waals surface area (Å²) in [5.74, 6) is 1.21. The highest BCUT2D eigenvalue weighted by molar-refractivity contribution is 7.12. The van der Waals surface area contributed by atoms with Gasteiger partial charge < -0.3 is 20.1 Å². The Kier molecular flexibility index (Phi) is 7.06. The summed E-state index contributed by atoms with van der Waals surface area (Å²) in [6, 6.07) is 7.79. The Hall–Kier alpha value is -2.05. The molecule has 2 rings (SSSR count). The van der Waals surface area contributed by atoms with Crippen LogP contribution in [0, 0.1) is 13.8 Å². The van der Waals surface area contributed by atoms with Crippen LogP contribution in [0.15, 0.2) is 24.3 Å². The highest BCUT2D eigenvalue weighted by Crippen LogP contribution is 2.29. The van der Waals surface area contributed by atoms with Gasteiger partial charge in [-0.25, -0.2) is 0 Å². The molecule has 6 heteroatoms. The number of ether oxygens (including phenoxy) is 2. The largest absolute Gasteiger partial charge is 0.497 e. The lowest BCUT2D eigenvalue weighted by atomic mass is 10.1. The predicted octanol–water partition coefficient (Wildman–Crippen LogP) is 4.45. The van der Waals surface area contributed by atoms with Gasteiger partial charge in [0.05, 0.1) is 19.9 Å². The first kappa shape index (κ1) is 20.3. The van der Waals surface area contributed by atoms with Crippen LogP contribution >= 0.6 is 11.3 Å². The van der Waals surface area contributed by atoms with Crippen molar-refractivity contribution in [3.05, 3.63) is 39.6 Å². The van der Waals surface area contributed by atoms with E-state index in [1.807, 2.05) is 6.92 Å². The summed E-state index contributed by atoms with van der Waals surface area (Å²) >= 11 is 1.80. The van der Waals surface area contributed by atoms with E-state index in [-0.39, 0.29) is 18.0 Å². The van der Waals surface area contributed by atoms with Crippen LogP contribution in [0.3, 0.4) is 0 Å². The van der Waals surface area contributed by atoms with E-state index in [0.29, 0.717) is 23.6 Å². The van der Waals surface area contributed by atoms with Gasteiger partial charge in [0.25, 0.3) is 0 Å². The average Bonchev–Trinajstić information content (AvgIpc) is 2.92. The van der Waals surface area contributed by atoms with Gasteiger partial charge in [-0.2, -0.15) is 0 Å². The fraction of sp³-hybridized carbons (Fsp3) is 0.450. The topological polar surface area (TPSA) is 59.6 Å². The highest BCUT2D eigenvalue weighted by atomic mass is 32.1. The predicted molar refractivity (Wildman–Crippen MR) is 108 cm³/mol. The molecule has 0 spiro atoms. The molecule has 1 amide bonds. The summed E-state index contributed by atoms with van der Waals surface area (Å²) in [4.78, 5) is 15.1. The van der Waals surface area contributed by atoms with Gasteiger partial charge >= 0.3 is 0 Å². The summed E-state index contributed by atoms with van der Waals surface area (Å²) < 4.78 is 10.5. The molecule has 0 saturated heterocycles. The number of thiophene rings is 1. The Morgan fingerprint density at radius 3 is 2.46 bits per heavy atom. The van der Waals surface area contributed by atoms with E-state index in [4.69, 9.17) is 9.47 Å². The Bertz CT molecular complexity index is 758. The number of benzene rings is 1. The SMILES string of the molecule is COc1ccc(OC)c(NC(=O)CC(C)NC(C)c2cc(C)sc2C)c1. The van der Waals surface area contributed by atoms with Crippen LogP contribution in [-0.2, 0) is 4.79 Å². The van der Waals surface area contributed by atoms with Crippen LogP contribution in [0.2, 0.25) is 0 Å². The summed E-state index contributed by atoms with van der Waals surface area (Å²) in [6.45, 7) is 8.41. The van der Waals surface area contributed by atoms with Crippen molar-refractivity contribution < 1.29 is 14.3 Å². The average molecular weight is 377 g/mol. The number of rotatable bonds is 8. The molecule has 2 atom stereocenters. The maximum atomic E-state index is 12.4. The van der Waals surface area contributed by atoms with Crippen LogP contribution in [-0.4, -0.2) is 26.2 Å². The van der Waals surface area contributed by atoms with E-state index in [2.05, 4.69) is 37.5 Å². The number of amides is 1. The monoisotopic (exact) mass is 376 g/mol. The molecular formula is C20H28N2O3S. The number of carbonyl (C=O) groups is 1. The van der Waals surface area contributed by atoms with Gasteiger partial charge in [-0.15, -0.1) is 11.3 Å². The Labute approximate surface area is 159 Å². The zero-order valence-electron chi connectivity index (χ0n) is 16.3. The van der Waals surface area contributed by atoms with Gasteiger partial charge in [-0.1, -0.05) is 0 Å². The zero-order chi connectivity index (χ0) is 19.3. The maximum Gasteiger partial charge on any atom is 0.226 e. The van der Waals surface area contributed by atoms with Crippen molar-refractivity contribution in [1.82, 2.24) is 5.32 Å². The Morgan fingerprint density at radius 2 is 1.88 bits per heavy atom. The molecule has 2 N–H and O–H groups in total. The molecule has 142 valence electrons. The van der Waals surface area contributed by atoms with Gasteiger partial charge in [0, 0.05) is 34.3 Å². The maximum absolute atomic E-state index is 12.4. The lowest BCUT2D eigenvalue weighted by Gasteiger charge is -2.20. The van der Waals surface area contributed by atoms with E-state index in [1.54, 1.807) is 43.8 Å². The van der Waals surface area contributed by atoms with Crippen molar-refractivity contribution in [1.29, 1.82) is 0 Å². The van der Waals surface area contributed by atoms with Crippen LogP contribution in [0.5, 0.6) is 11.5 Å². The van der Waals surface area contributed by atoms with E-state index in [0.717, 1.165) is 0 Å². The van der Waals surface area contributed by atoms with E-state index in [9.17, 15) is 4.79 Å². The van der Waals surface area contributed by atoms with Crippen molar-refractivity contribution >= 4 is 22.9 Å². The normalized spacial score (nSPS) is 13.2. The summed E-state index contributed by atoms with van der Waals surface area (Å²) in [5.41, 5.74) is 1.91. The molecule has 1 aromatic heterocycles. The highest BCUT2D eigenvalue weighted by Gasteiger charge is 2.17. The number of hydrogen-bond acceptors (Lipinski definition) is 5. The molecule has 1 aromatic carbocycles. The third kappa shape index (κ3) is 5.22. The van der Waals surface area contributed by atoms with E-state index >= 15 is 0 Å². The van der Waals surface area contributed by atoms with Crippen LogP contribution < -0.4 is 20.1 Å². The lowest BCUT2D eigenvalue weighted by Crippen LogP contribution is -2.32. The Morgan fingerprint density at radius 1 is 1.15 bits per heavy atom. The minimum absolute atomic E-state index is 0.0428. The number of aryl methyl sites for hydroxylation is 2. The van der Waals surface area contributed by atoms with Crippen molar-refractivity contribution in [2.75, 3.05) is 19.5 Å². The van der Waals surface area contributed by atoms with Crippen molar-refractivity contribution in [2.45, 2.75) is 46.2 Å². The van der Waals surface area contributed by atoms with Gasteiger partial charge in [0.15, 0.2) is 0 Å². The van der Waals surface area contributed by atoms with Gasteiger partial charge in [0.1, 0.15) is 11.5 Å². The number of anilines is 1. The number of nitrogens with one attached hydrogen (secondary N) is 2. The molecule has 26 heavy (non-hydrogen) atoms. The molecule has 0 saturated carbocycles. The van der Waals surface area contributed by atoms with E-state index < -0.39 is 0 Å². The van der Waals surface area contributed by atoms with Gasteiger partial charge in [0.2, 0.25) is 5.91 Å². The van der Waals surface area contributed by atoms with Crippen LogP contribution in [0.1, 0.15) is 41.6 Å². The molecular weight excluding hydrogens is 348 g/mol. The molecule has 1 heterocycles. The molecule has 0 fully saturated rings. The van der Waals surface area contributed by atoms with E-state index in [1.165, 1.54) is 15.3 Å². The first-order valence-electron chi connectivity index (χ1n) is 8.69. The fourth-order valence-electron chi connectivity index (χ4n) is 3.05. The molecule has 0 aliphatic heterocycles.